The highest BCUT2D eigenvalue weighted by molar-refractivity contribution is 9.10. The molecule has 0 aliphatic carbocycles. The minimum atomic E-state index is -0.947. The molecular formula is C26H25BrN4O3. The first-order chi connectivity index (χ1) is 16.2. The standard InChI is InChI=1S/C26H25BrN4O3/c1-15(2)9-22(30-13-16-10-17(27)7-8-19(16)23(30)32)24(33)31-14-26(11-18(31)12-28)20-5-3-4-6-21(20)29-25(26)34/h3-8,10,15,18,22H,9,11,13-14H2,1-2H3,(H,29,34)/t18-,22-,26-/m0/s1. The number of para-hydroxylation sites is 1. The first-order valence-electron chi connectivity index (χ1n) is 11.5. The number of nitriles is 1. The first-order valence-corrected chi connectivity index (χ1v) is 12.2. The van der Waals surface area contributed by atoms with Gasteiger partial charge in [-0.2, -0.15) is 5.26 Å². The van der Waals surface area contributed by atoms with Gasteiger partial charge in [0.1, 0.15) is 12.1 Å². The van der Waals surface area contributed by atoms with Crippen LogP contribution in [0.25, 0.3) is 0 Å². The molecule has 3 amide bonds. The van der Waals surface area contributed by atoms with E-state index in [1.807, 2.05) is 50.2 Å². The van der Waals surface area contributed by atoms with Gasteiger partial charge in [0, 0.05) is 35.2 Å². The molecule has 34 heavy (non-hydrogen) atoms. The maximum absolute atomic E-state index is 14.0. The van der Waals surface area contributed by atoms with Crippen LogP contribution in [-0.4, -0.2) is 46.1 Å². The fourth-order valence-corrected chi connectivity index (χ4v) is 5.96. The largest absolute Gasteiger partial charge is 0.325 e. The number of likely N-dealkylation sites (tertiary alicyclic amines) is 1. The second-order valence-corrected chi connectivity index (χ2v) is 10.7. The average molecular weight is 521 g/mol. The van der Waals surface area contributed by atoms with E-state index in [9.17, 15) is 19.6 Å². The van der Waals surface area contributed by atoms with Crippen molar-refractivity contribution in [3.05, 3.63) is 63.6 Å². The average Bonchev–Trinajstić information content (AvgIpc) is 3.44. The Bertz CT molecular complexity index is 1250. The molecule has 2 aromatic carbocycles. The number of fused-ring (bicyclic) bond motifs is 3. The lowest BCUT2D eigenvalue weighted by Gasteiger charge is -2.33. The zero-order chi connectivity index (χ0) is 24.2. The second kappa shape index (κ2) is 8.24. The van der Waals surface area contributed by atoms with E-state index >= 15 is 0 Å². The van der Waals surface area contributed by atoms with Crippen LogP contribution in [0.2, 0.25) is 0 Å². The Morgan fingerprint density at radius 3 is 2.76 bits per heavy atom. The number of rotatable bonds is 4. The van der Waals surface area contributed by atoms with Crippen LogP contribution in [0.15, 0.2) is 46.9 Å². The zero-order valence-electron chi connectivity index (χ0n) is 19.0. The Morgan fingerprint density at radius 2 is 2.03 bits per heavy atom. The smallest absolute Gasteiger partial charge is 0.255 e. The van der Waals surface area contributed by atoms with E-state index in [1.165, 1.54) is 4.90 Å². The van der Waals surface area contributed by atoms with Gasteiger partial charge in [-0.1, -0.05) is 48.0 Å². The van der Waals surface area contributed by atoms with Crippen molar-refractivity contribution in [2.45, 2.75) is 50.7 Å². The van der Waals surface area contributed by atoms with Gasteiger partial charge in [0.15, 0.2) is 0 Å². The van der Waals surface area contributed by atoms with Crippen molar-refractivity contribution in [3.63, 3.8) is 0 Å². The summed E-state index contributed by atoms with van der Waals surface area (Å²) in [5, 5.41) is 12.9. The van der Waals surface area contributed by atoms with Gasteiger partial charge in [-0.25, -0.2) is 0 Å². The predicted octanol–water partition coefficient (Wildman–Crippen LogP) is 3.83. The van der Waals surface area contributed by atoms with Crippen molar-refractivity contribution in [2.75, 3.05) is 11.9 Å². The summed E-state index contributed by atoms with van der Waals surface area (Å²) in [6.45, 7) is 4.50. The van der Waals surface area contributed by atoms with Gasteiger partial charge in [0.25, 0.3) is 5.91 Å². The molecule has 0 unspecified atom stereocenters. The van der Waals surface area contributed by atoms with E-state index in [0.717, 1.165) is 21.3 Å². The Balaban J connectivity index is 1.48. The van der Waals surface area contributed by atoms with E-state index in [2.05, 4.69) is 27.3 Å². The molecule has 3 aliphatic rings. The van der Waals surface area contributed by atoms with Crippen LogP contribution in [0.3, 0.4) is 0 Å². The molecule has 0 aromatic heterocycles. The summed E-state index contributed by atoms with van der Waals surface area (Å²) < 4.78 is 0.879. The van der Waals surface area contributed by atoms with E-state index in [-0.39, 0.29) is 36.6 Å². The van der Waals surface area contributed by atoms with E-state index in [1.54, 1.807) is 11.0 Å². The van der Waals surface area contributed by atoms with Crippen molar-refractivity contribution in [1.82, 2.24) is 9.80 Å². The predicted molar refractivity (Wildman–Crippen MR) is 130 cm³/mol. The summed E-state index contributed by atoms with van der Waals surface area (Å²) in [5.41, 5.74) is 2.08. The lowest BCUT2D eigenvalue weighted by Crippen LogP contribution is -2.51. The highest BCUT2D eigenvalue weighted by Gasteiger charge is 2.57. The molecule has 5 rings (SSSR count). The highest BCUT2D eigenvalue weighted by Crippen LogP contribution is 2.46. The molecule has 1 fully saturated rings. The van der Waals surface area contributed by atoms with Gasteiger partial charge in [-0.15, -0.1) is 0 Å². The molecule has 7 nitrogen and oxygen atoms in total. The van der Waals surface area contributed by atoms with Gasteiger partial charge in [-0.05, 0) is 47.7 Å². The number of anilines is 1. The molecule has 2 aromatic rings. The molecule has 1 spiro atoms. The summed E-state index contributed by atoms with van der Waals surface area (Å²) in [5.74, 6) is -0.466. The van der Waals surface area contributed by atoms with Crippen molar-refractivity contribution >= 4 is 39.3 Å². The van der Waals surface area contributed by atoms with Crippen molar-refractivity contribution in [3.8, 4) is 6.07 Å². The Kier molecular flexibility index (Phi) is 5.48. The number of carbonyl (C=O) groups excluding carboxylic acids is 3. The normalized spacial score (nSPS) is 23.8. The van der Waals surface area contributed by atoms with E-state index in [0.29, 0.717) is 18.5 Å². The number of hydrogen-bond donors (Lipinski definition) is 1. The van der Waals surface area contributed by atoms with Crippen molar-refractivity contribution < 1.29 is 14.4 Å². The number of nitrogens with zero attached hydrogens (tertiary/aromatic N) is 3. The molecule has 0 bridgehead atoms. The van der Waals surface area contributed by atoms with Crippen LogP contribution in [0, 0.1) is 17.2 Å². The van der Waals surface area contributed by atoms with Crippen LogP contribution in [0.1, 0.15) is 48.2 Å². The molecular weight excluding hydrogens is 496 g/mol. The van der Waals surface area contributed by atoms with E-state index < -0.39 is 17.5 Å². The van der Waals surface area contributed by atoms with E-state index in [4.69, 9.17) is 0 Å². The molecule has 0 saturated carbocycles. The zero-order valence-corrected chi connectivity index (χ0v) is 20.6. The summed E-state index contributed by atoms with van der Waals surface area (Å²) in [4.78, 5) is 43.5. The third-order valence-corrected chi connectivity index (χ3v) is 7.66. The van der Waals surface area contributed by atoms with Gasteiger partial charge in [0.2, 0.25) is 11.8 Å². The molecule has 1 saturated heterocycles. The number of carbonyl (C=O) groups is 3. The summed E-state index contributed by atoms with van der Waals surface area (Å²) in [6, 6.07) is 13.8. The fourth-order valence-electron chi connectivity index (χ4n) is 5.55. The van der Waals surface area contributed by atoms with Crippen LogP contribution < -0.4 is 5.32 Å². The summed E-state index contributed by atoms with van der Waals surface area (Å²) in [7, 11) is 0. The maximum Gasteiger partial charge on any atom is 0.255 e. The lowest BCUT2D eigenvalue weighted by atomic mass is 9.80. The van der Waals surface area contributed by atoms with Gasteiger partial charge >= 0.3 is 0 Å². The SMILES string of the molecule is CC(C)C[C@@H](C(=O)N1C[C@]2(C[C@H]1C#N)C(=O)Nc1ccccc12)N1Cc2cc(Br)ccc2C1=O. The van der Waals surface area contributed by atoms with Crippen LogP contribution >= 0.6 is 15.9 Å². The third kappa shape index (κ3) is 3.41. The summed E-state index contributed by atoms with van der Waals surface area (Å²) >= 11 is 3.46. The Labute approximate surface area is 206 Å². The number of benzene rings is 2. The minimum absolute atomic E-state index is 0.127. The Hall–Kier alpha value is -3.18. The van der Waals surface area contributed by atoms with Gasteiger partial charge < -0.3 is 15.1 Å². The topological polar surface area (TPSA) is 93.5 Å². The summed E-state index contributed by atoms with van der Waals surface area (Å²) in [6.07, 6.45) is 0.720. The van der Waals surface area contributed by atoms with Crippen LogP contribution in [-0.2, 0) is 21.5 Å². The van der Waals surface area contributed by atoms with Crippen LogP contribution in [0.5, 0.6) is 0 Å². The molecule has 3 atom stereocenters. The van der Waals surface area contributed by atoms with Gasteiger partial charge in [-0.3, -0.25) is 14.4 Å². The molecule has 1 N–H and O–H groups in total. The minimum Gasteiger partial charge on any atom is -0.325 e. The van der Waals surface area contributed by atoms with Gasteiger partial charge in [0.05, 0.1) is 11.5 Å². The quantitative estimate of drug-likeness (QED) is 0.662. The van der Waals surface area contributed by atoms with Crippen molar-refractivity contribution in [1.29, 1.82) is 5.26 Å². The number of amides is 3. The highest BCUT2D eigenvalue weighted by atomic mass is 79.9. The molecule has 3 heterocycles. The lowest BCUT2D eigenvalue weighted by molar-refractivity contribution is -0.137. The number of hydrogen-bond acceptors (Lipinski definition) is 4. The maximum atomic E-state index is 14.0. The molecule has 3 aliphatic heterocycles. The number of halogens is 1. The third-order valence-electron chi connectivity index (χ3n) is 7.17. The molecule has 174 valence electrons. The fraction of sp³-hybridized carbons (Fsp3) is 0.385. The number of nitrogens with one attached hydrogen (secondary N) is 1. The monoisotopic (exact) mass is 520 g/mol. The molecule has 0 radical (unpaired) electrons. The Morgan fingerprint density at radius 1 is 1.26 bits per heavy atom. The first kappa shape index (κ1) is 22.6. The van der Waals surface area contributed by atoms with Crippen molar-refractivity contribution in [2.24, 2.45) is 5.92 Å². The second-order valence-electron chi connectivity index (χ2n) is 9.78. The molecule has 8 heteroatoms. The van der Waals surface area contributed by atoms with Crippen LogP contribution in [0.4, 0.5) is 5.69 Å².